The van der Waals surface area contributed by atoms with Crippen LogP contribution in [0.5, 0.6) is 11.5 Å². The number of nitrogen functional groups attached to an aromatic ring is 1. The molecule has 1 aliphatic rings. The third-order valence-corrected chi connectivity index (χ3v) is 5.80. The molecule has 2 aromatic carbocycles. The van der Waals surface area contributed by atoms with Gasteiger partial charge in [-0.15, -0.1) is 0 Å². The predicted octanol–water partition coefficient (Wildman–Crippen LogP) is 5.11. The second kappa shape index (κ2) is 9.04. The number of carbonyl (C=O) groups excluding carboxylic acids is 1. The summed E-state index contributed by atoms with van der Waals surface area (Å²) in [4.78, 5) is 17.0. The molecule has 6 nitrogen and oxygen atoms in total. The highest BCUT2D eigenvalue weighted by Crippen LogP contribution is 2.33. The lowest BCUT2D eigenvalue weighted by atomic mass is 9.98. The molecule has 3 aromatic rings. The number of pyridine rings is 1. The van der Waals surface area contributed by atoms with Gasteiger partial charge in [-0.05, 0) is 31.2 Å². The topological polar surface area (TPSA) is 86.5 Å². The van der Waals surface area contributed by atoms with E-state index in [4.69, 9.17) is 38.4 Å². The van der Waals surface area contributed by atoms with Gasteiger partial charge in [0.2, 0.25) is 0 Å². The molecule has 0 bridgehead atoms. The van der Waals surface area contributed by atoms with Gasteiger partial charge in [0.05, 0.1) is 18.2 Å². The Morgan fingerprint density at radius 3 is 2.81 bits per heavy atom. The number of hydrogen-bond donors (Lipinski definition) is 2. The van der Waals surface area contributed by atoms with Gasteiger partial charge in [0.25, 0.3) is 5.91 Å². The minimum Gasteiger partial charge on any atom is -0.493 e. The van der Waals surface area contributed by atoms with Crippen LogP contribution >= 0.6 is 23.2 Å². The van der Waals surface area contributed by atoms with Crippen LogP contribution in [0, 0.1) is 6.92 Å². The summed E-state index contributed by atoms with van der Waals surface area (Å²) in [5.41, 5.74) is 8.99. The molecule has 1 amide bonds. The molecule has 0 aliphatic carbocycles. The van der Waals surface area contributed by atoms with E-state index in [1.54, 1.807) is 24.3 Å². The Morgan fingerprint density at radius 2 is 2.03 bits per heavy atom. The first-order valence-corrected chi connectivity index (χ1v) is 10.5. The first kappa shape index (κ1) is 21.3. The van der Waals surface area contributed by atoms with E-state index in [9.17, 15) is 4.79 Å². The second-order valence-electron chi connectivity index (χ2n) is 7.30. The van der Waals surface area contributed by atoms with Crippen LogP contribution in [0.25, 0.3) is 0 Å². The summed E-state index contributed by atoms with van der Waals surface area (Å²) in [7, 11) is 0. The SMILES string of the molecule is Cc1ccc2c(c1)C(NC(=O)c1cnc(N)c(OCc3c(Cl)cccc3Cl)c1)CCO2. The Kier molecular flexibility index (Phi) is 6.20. The minimum atomic E-state index is -0.271. The fourth-order valence-corrected chi connectivity index (χ4v) is 3.93. The van der Waals surface area contributed by atoms with E-state index >= 15 is 0 Å². The van der Waals surface area contributed by atoms with Gasteiger partial charge in [-0.3, -0.25) is 4.79 Å². The Labute approximate surface area is 190 Å². The number of nitrogens with one attached hydrogen (secondary N) is 1. The van der Waals surface area contributed by atoms with Crippen molar-refractivity contribution in [3.05, 3.63) is 81.0 Å². The summed E-state index contributed by atoms with van der Waals surface area (Å²) < 4.78 is 11.5. The van der Waals surface area contributed by atoms with Gasteiger partial charge < -0.3 is 20.5 Å². The standard InChI is InChI=1S/C23H21Cl2N3O3/c1-13-5-6-20-15(9-13)19(7-8-30-20)28-23(29)14-10-21(22(26)27-11-14)31-12-16-17(24)3-2-4-18(16)25/h2-6,9-11,19H,7-8,12H2,1H3,(H2,26,27)(H,28,29). The van der Waals surface area contributed by atoms with Crippen LogP contribution in [-0.4, -0.2) is 17.5 Å². The summed E-state index contributed by atoms with van der Waals surface area (Å²) >= 11 is 12.4. The Hall–Kier alpha value is -2.96. The Bertz CT molecular complexity index is 1120. The number of nitrogens with two attached hydrogens (primary N) is 1. The zero-order valence-electron chi connectivity index (χ0n) is 16.8. The number of halogens is 2. The van der Waals surface area contributed by atoms with Gasteiger partial charge in [0.1, 0.15) is 12.4 Å². The highest BCUT2D eigenvalue weighted by molar-refractivity contribution is 6.35. The van der Waals surface area contributed by atoms with Crippen LogP contribution in [0.3, 0.4) is 0 Å². The van der Waals surface area contributed by atoms with Crippen molar-refractivity contribution >= 4 is 34.9 Å². The van der Waals surface area contributed by atoms with E-state index in [0.29, 0.717) is 34.2 Å². The maximum absolute atomic E-state index is 12.9. The van der Waals surface area contributed by atoms with Crippen LogP contribution in [0.2, 0.25) is 10.0 Å². The number of fused-ring (bicyclic) bond motifs is 1. The van der Waals surface area contributed by atoms with E-state index < -0.39 is 0 Å². The lowest BCUT2D eigenvalue weighted by Gasteiger charge is -2.27. The van der Waals surface area contributed by atoms with E-state index in [1.807, 2.05) is 25.1 Å². The van der Waals surface area contributed by atoms with Crippen LogP contribution in [0.1, 0.15) is 39.5 Å². The van der Waals surface area contributed by atoms with E-state index in [-0.39, 0.29) is 30.1 Å². The molecule has 8 heteroatoms. The summed E-state index contributed by atoms with van der Waals surface area (Å²) in [5, 5.41) is 4.03. The number of aryl methyl sites for hydroxylation is 1. The summed E-state index contributed by atoms with van der Waals surface area (Å²) in [6.45, 7) is 2.64. The molecule has 0 saturated carbocycles. The molecular formula is C23H21Cl2N3O3. The van der Waals surface area contributed by atoms with Gasteiger partial charge in [0, 0.05) is 33.8 Å². The molecule has 0 radical (unpaired) electrons. The Balaban J connectivity index is 1.51. The maximum atomic E-state index is 12.9. The third-order valence-electron chi connectivity index (χ3n) is 5.09. The van der Waals surface area contributed by atoms with Gasteiger partial charge in [-0.2, -0.15) is 0 Å². The fraction of sp³-hybridized carbons (Fsp3) is 0.217. The van der Waals surface area contributed by atoms with Crippen LogP contribution in [-0.2, 0) is 6.61 Å². The van der Waals surface area contributed by atoms with Crippen molar-refractivity contribution in [2.75, 3.05) is 12.3 Å². The first-order chi connectivity index (χ1) is 14.9. The van der Waals surface area contributed by atoms with Gasteiger partial charge in [0.15, 0.2) is 11.6 Å². The molecule has 1 atom stereocenters. The molecule has 0 spiro atoms. The number of anilines is 1. The minimum absolute atomic E-state index is 0.0993. The van der Waals surface area contributed by atoms with Crippen molar-refractivity contribution in [1.82, 2.24) is 10.3 Å². The van der Waals surface area contributed by atoms with Crippen molar-refractivity contribution in [2.45, 2.75) is 26.0 Å². The van der Waals surface area contributed by atoms with Crippen molar-refractivity contribution in [3.63, 3.8) is 0 Å². The van der Waals surface area contributed by atoms with Gasteiger partial charge in [-0.25, -0.2) is 4.98 Å². The number of nitrogens with zero attached hydrogens (tertiary/aromatic N) is 1. The summed E-state index contributed by atoms with van der Waals surface area (Å²) in [5.74, 6) is 0.976. The number of ether oxygens (including phenoxy) is 2. The average molecular weight is 458 g/mol. The fourth-order valence-electron chi connectivity index (χ4n) is 3.42. The van der Waals surface area contributed by atoms with Crippen molar-refractivity contribution in [1.29, 1.82) is 0 Å². The first-order valence-electron chi connectivity index (χ1n) is 9.78. The molecule has 0 fully saturated rings. The molecule has 0 saturated heterocycles. The molecule has 1 aliphatic heterocycles. The number of carbonyl (C=O) groups is 1. The maximum Gasteiger partial charge on any atom is 0.253 e. The molecular weight excluding hydrogens is 437 g/mol. The second-order valence-corrected chi connectivity index (χ2v) is 8.12. The van der Waals surface area contributed by atoms with Crippen molar-refractivity contribution in [2.24, 2.45) is 0 Å². The average Bonchev–Trinajstić information content (AvgIpc) is 2.75. The molecule has 2 heterocycles. The smallest absolute Gasteiger partial charge is 0.253 e. The van der Waals surface area contributed by atoms with E-state index in [0.717, 1.165) is 16.9 Å². The molecule has 1 aromatic heterocycles. The molecule has 4 rings (SSSR count). The molecule has 1 unspecified atom stereocenters. The lowest BCUT2D eigenvalue weighted by molar-refractivity contribution is 0.0924. The highest BCUT2D eigenvalue weighted by atomic mass is 35.5. The lowest BCUT2D eigenvalue weighted by Crippen LogP contribution is -2.32. The van der Waals surface area contributed by atoms with Gasteiger partial charge in [-0.1, -0.05) is 47.0 Å². The molecule has 31 heavy (non-hydrogen) atoms. The molecule has 3 N–H and O–H groups in total. The zero-order valence-corrected chi connectivity index (χ0v) is 18.3. The molecule has 160 valence electrons. The van der Waals surface area contributed by atoms with Crippen molar-refractivity contribution < 1.29 is 14.3 Å². The highest BCUT2D eigenvalue weighted by Gasteiger charge is 2.24. The number of hydrogen-bond acceptors (Lipinski definition) is 5. The zero-order chi connectivity index (χ0) is 22.0. The summed E-state index contributed by atoms with van der Waals surface area (Å²) in [6.07, 6.45) is 2.11. The number of rotatable bonds is 5. The van der Waals surface area contributed by atoms with Crippen LogP contribution in [0.4, 0.5) is 5.82 Å². The van der Waals surface area contributed by atoms with Gasteiger partial charge >= 0.3 is 0 Å². The normalized spacial score (nSPS) is 15.0. The number of aromatic nitrogens is 1. The van der Waals surface area contributed by atoms with Crippen LogP contribution < -0.4 is 20.5 Å². The summed E-state index contributed by atoms with van der Waals surface area (Å²) in [6, 6.07) is 12.6. The van der Waals surface area contributed by atoms with Crippen molar-refractivity contribution in [3.8, 4) is 11.5 Å². The Morgan fingerprint density at radius 1 is 1.26 bits per heavy atom. The van der Waals surface area contributed by atoms with E-state index in [1.165, 1.54) is 6.20 Å². The number of amides is 1. The quantitative estimate of drug-likeness (QED) is 0.555. The predicted molar refractivity (Wildman–Crippen MR) is 121 cm³/mol. The largest absolute Gasteiger partial charge is 0.493 e. The van der Waals surface area contributed by atoms with E-state index in [2.05, 4.69) is 10.3 Å². The number of benzene rings is 2. The third kappa shape index (κ3) is 4.70. The monoisotopic (exact) mass is 457 g/mol. The van der Waals surface area contributed by atoms with Crippen LogP contribution in [0.15, 0.2) is 48.7 Å².